The molecule has 2 aliphatic heterocycles. The van der Waals surface area contributed by atoms with Crippen LogP contribution in [0.25, 0.3) is 0 Å². The second-order valence-corrected chi connectivity index (χ2v) is 6.86. The first kappa shape index (κ1) is 11.9. The quantitative estimate of drug-likeness (QED) is 0.732. The summed E-state index contributed by atoms with van der Waals surface area (Å²) in [6.45, 7) is 4.72. The van der Waals surface area contributed by atoms with Crippen molar-refractivity contribution in [2.45, 2.75) is 32.4 Å². The van der Waals surface area contributed by atoms with Crippen LogP contribution in [0.15, 0.2) is 0 Å². The molecule has 1 N–H and O–H groups in total. The number of hydrogen-bond acceptors (Lipinski definition) is 4. The second-order valence-electron chi connectivity index (χ2n) is 5.00. The third-order valence-corrected chi connectivity index (χ3v) is 4.67. The lowest BCUT2D eigenvalue weighted by molar-refractivity contribution is -0.128. The molecule has 0 spiro atoms. The Morgan fingerprint density at radius 3 is 2.56 bits per heavy atom. The number of carbonyl (C=O) groups is 1. The Kier molecular flexibility index (Phi) is 2.74. The van der Waals surface area contributed by atoms with Crippen LogP contribution in [-0.4, -0.2) is 43.5 Å². The zero-order valence-electron chi connectivity index (χ0n) is 9.80. The molecule has 0 unspecified atom stereocenters. The van der Waals surface area contributed by atoms with Crippen molar-refractivity contribution in [3.05, 3.63) is 0 Å². The third-order valence-electron chi connectivity index (χ3n) is 3.50. The molecule has 16 heavy (non-hydrogen) atoms. The van der Waals surface area contributed by atoms with Crippen molar-refractivity contribution in [3.63, 3.8) is 0 Å². The molecule has 92 valence electrons. The Morgan fingerprint density at radius 2 is 2.06 bits per heavy atom. The predicted octanol–water partition coefficient (Wildman–Crippen LogP) is -0.209. The predicted molar refractivity (Wildman–Crippen MR) is 60.2 cm³/mol. The molecule has 2 saturated heterocycles. The van der Waals surface area contributed by atoms with Gasteiger partial charge >= 0.3 is 0 Å². The fourth-order valence-electron chi connectivity index (χ4n) is 2.92. The Balaban J connectivity index is 2.39. The first-order chi connectivity index (χ1) is 7.34. The maximum Gasteiger partial charge on any atom is 0.241 e. The number of nitrogens with one attached hydrogen (secondary N) is 1. The zero-order valence-corrected chi connectivity index (χ0v) is 10.6. The van der Waals surface area contributed by atoms with E-state index in [-0.39, 0.29) is 29.8 Å². The molecule has 0 aromatic carbocycles. The van der Waals surface area contributed by atoms with Gasteiger partial charge in [-0.15, -0.1) is 0 Å². The van der Waals surface area contributed by atoms with Gasteiger partial charge in [0.2, 0.25) is 15.9 Å². The summed E-state index contributed by atoms with van der Waals surface area (Å²) in [7, 11) is -3.43. The average molecular weight is 246 g/mol. The van der Waals surface area contributed by atoms with Crippen LogP contribution in [0.3, 0.4) is 0 Å². The molecule has 2 aliphatic rings. The number of rotatable bonds is 2. The van der Waals surface area contributed by atoms with Gasteiger partial charge < -0.3 is 5.32 Å². The van der Waals surface area contributed by atoms with Crippen molar-refractivity contribution in [3.8, 4) is 0 Å². The minimum atomic E-state index is -3.43. The molecule has 2 fully saturated rings. The van der Waals surface area contributed by atoms with Crippen molar-refractivity contribution in [2.24, 2.45) is 11.8 Å². The molecule has 6 heteroatoms. The molecule has 1 amide bonds. The van der Waals surface area contributed by atoms with Gasteiger partial charge in [-0.2, -0.15) is 0 Å². The number of amides is 1. The van der Waals surface area contributed by atoms with Gasteiger partial charge in [-0.25, -0.2) is 12.7 Å². The molecule has 2 rings (SSSR count). The van der Waals surface area contributed by atoms with E-state index in [2.05, 4.69) is 5.32 Å². The minimum absolute atomic E-state index is 0.00206. The summed E-state index contributed by atoms with van der Waals surface area (Å²) in [6.07, 6.45) is 1.84. The minimum Gasteiger partial charge on any atom is -0.311 e. The maximum absolute atomic E-state index is 12.1. The summed E-state index contributed by atoms with van der Waals surface area (Å²) in [5.41, 5.74) is 0. The molecule has 0 bridgehead atoms. The molecule has 2 heterocycles. The van der Waals surface area contributed by atoms with Crippen LogP contribution >= 0.6 is 0 Å². The lowest BCUT2D eigenvalue weighted by atomic mass is 9.89. The van der Waals surface area contributed by atoms with E-state index in [1.165, 1.54) is 0 Å². The van der Waals surface area contributed by atoms with Gasteiger partial charge in [0.1, 0.15) is 0 Å². The average Bonchev–Trinajstić information content (AvgIpc) is 2.58. The van der Waals surface area contributed by atoms with Gasteiger partial charge in [0.15, 0.2) is 0 Å². The Labute approximate surface area is 96.2 Å². The van der Waals surface area contributed by atoms with Crippen LogP contribution in [0.2, 0.25) is 0 Å². The Hall–Kier alpha value is -0.620. The van der Waals surface area contributed by atoms with Gasteiger partial charge in [-0.05, 0) is 18.9 Å². The van der Waals surface area contributed by atoms with Crippen molar-refractivity contribution in [1.29, 1.82) is 0 Å². The molecule has 0 radical (unpaired) electrons. The molecule has 3 atom stereocenters. The van der Waals surface area contributed by atoms with E-state index in [0.29, 0.717) is 0 Å². The topological polar surface area (TPSA) is 66.5 Å². The number of fused-ring (bicyclic) bond motifs is 1. The molecule has 5 nitrogen and oxygen atoms in total. The number of nitrogens with zero attached hydrogens (tertiary/aromatic N) is 1. The number of hydrogen-bond donors (Lipinski definition) is 1. The van der Waals surface area contributed by atoms with Crippen LogP contribution in [0.4, 0.5) is 0 Å². The van der Waals surface area contributed by atoms with Crippen LogP contribution in [-0.2, 0) is 14.8 Å². The largest absolute Gasteiger partial charge is 0.311 e. The first-order valence-electron chi connectivity index (χ1n) is 5.60. The van der Waals surface area contributed by atoms with Crippen molar-refractivity contribution >= 4 is 15.9 Å². The van der Waals surface area contributed by atoms with Gasteiger partial charge in [0.05, 0.1) is 18.2 Å². The summed E-state index contributed by atoms with van der Waals surface area (Å²) >= 11 is 0. The van der Waals surface area contributed by atoms with E-state index in [4.69, 9.17) is 0 Å². The van der Waals surface area contributed by atoms with Crippen LogP contribution in [0, 0.1) is 11.8 Å². The highest BCUT2D eigenvalue weighted by Gasteiger charge is 2.54. The van der Waals surface area contributed by atoms with Gasteiger partial charge in [-0.1, -0.05) is 13.8 Å². The molecule has 0 aromatic rings. The van der Waals surface area contributed by atoms with Crippen molar-refractivity contribution in [1.82, 2.24) is 9.62 Å². The van der Waals surface area contributed by atoms with Gasteiger partial charge in [0.25, 0.3) is 0 Å². The smallest absolute Gasteiger partial charge is 0.241 e. The molecule has 0 aromatic heterocycles. The van der Waals surface area contributed by atoms with E-state index >= 15 is 0 Å². The molecular formula is C10H18N2O3S. The summed E-state index contributed by atoms with van der Waals surface area (Å²) in [5.74, 6) is -0.278. The van der Waals surface area contributed by atoms with E-state index in [0.717, 1.165) is 23.5 Å². The van der Waals surface area contributed by atoms with Gasteiger partial charge in [-0.3, -0.25) is 4.79 Å². The first-order valence-corrected chi connectivity index (χ1v) is 7.45. The molecular weight excluding hydrogens is 228 g/mol. The normalized spacial score (nSPS) is 34.9. The summed E-state index contributed by atoms with van der Waals surface area (Å²) in [6, 6.07) is -0.169. The number of carbonyl (C=O) groups excluding carboxylic acids is 1. The van der Waals surface area contributed by atoms with Crippen LogP contribution in [0.5, 0.6) is 0 Å². The fourth-order valence-corrected chi connectivity index (χ4v) is 4.09. The van der Waals surface area contributed by atoms with E-state index in [1.54, 1.807) is 0 Å². The summed E-state index contributed by atoms with van der Waals surface area (Å²) < 4.78 is 24.4. The third kappa shape index (κ3) is 1.64. The van der Waals surface area contributed by atoms with E-state index in [9.17, 15) is 13.2 Å². The monoisotopic (exact) mass is 246 g/mol. The highest BCUT2D eigenvalue weighted by atomic mass is 32.2. The zero-order chi connectivity index (χ0) is 12.1. The van der Waals surface area contributed by atoms with Gasteiger partial charge in [0, 0.05) is 6.04 Å². The summed E-state index contributed by atoms with van der Waals surface area (Å²) in [5, 5.41) is 3.26. The van der Waals surface area contributed by atoms with Crippen molar-refractivity contribution in [2.75, 3.05) is 12.8 Å². The van der Waals surface area contributed by atoms with E-state index < -0.39 is 10.0 Å². The van der Waals surface area contributed by atoms with E-state index in [1.807, 2.05) is 13.8 Å². The lowest BCUT2D eigenvalue weighted by Gasteiger charge is -2.20. The highest BCUT2D eigenvalue weighted by molar-refractivity contribution is 7.88. The Bertz CT molecular complexity index is 404. The Morgan fingerprint density at radius 1 is 1.44 bits per heavy atom. The SMILES string of the molecule is CC(C)[C@H]1C(=O)N(S(C)(=O)=O)[C@@H]2CCN[C@@H]12. The number of sulfonamides is 1. The molecule has 0 aliphatic carbocycles. The van der Waals surface area contributed by atoms with Crippen molar-refractivity contribution < 1.29 is 13.2 Å². The summed E-state index contributed by atoms with van der Waals surface area (Å²) in [4.78, 5) is 12.1. The van der Waals surface area contributed by atoms with Crippen LogP contribution < -0.4 is 5.32 Å². The maximum atomic E-state index is 12.1. The lowest BCUT2D eigenvalue weighted by Crippen LogP contribution is -2.39. The standard InChI is InChI=1S/C10H18N2O3S/c1-6(2)8-9-7(4-5-11-9)12(10(8)13)16(3,14)15/h6-9,11H,4-5H2,1-3H3/t7-,8-,9-/m1/s1. The highest BCUT2D eigenvalue weighted by Crippen LogP contribution is 2.36. The second kappa shape index (κ2) is 3.70. The van der Waals surface area contributed by atoms with Crippen LogP contribution in [0.1, 0.15) is 20.3 Å². The fraction of sp³-hybridized carbons (Fsp3) is 0.900. The molecule has 0 saturated carbocycles.